The van der Waals surface area contributed by atoms with Crippen molar-refractivity contribution in [2.75, 3.05) is 18.4 Å². The Morgan fingerprint density at radius 2 is 1.90 bits per heavy atom. The van der Waals surface area contributed by atoms with Crippen LogP contribution >= 0.6 is 0 Å². The zero-order valence-electron chi connectivity index (χ0n) is 24.2. The highest BCUT2D eigenvalue weighted by Crippen LogP contribution is 2.18. The number of aldehydes is 1. The van der Waals surface area contributed by atoms with Gasteiger partial charge >= 0.3 is 0 Å². The van der Waals surface area contributed by atoms with Crippen molar-refractivity contribution in [2.45, 2.75) is 40.7 Å². The van der Waals surface area contributed by atoms with Gasteiger partial charge in [-0.25, -0.2) is 0 Å². The van der Waals surface area contributed by atoms with Crippen LogP contribution in [0.4, 0.5) is 5.69 Å². The van der Waals surface area contributed by atoms with E-state index in [0.29, 0.717) is 24.2 Å². The lowest BCUT2D eigenvalue weighted by atomic mass is 10.0. The van der Waals surface area contributed by atoms with E-state index in [1.165, 1.54) is 13.1 Å². The van der Waals surface area contributed by atoms with Gasteiger partial charge in [0.1, 0.15) is 6.29 Å². The molecule has 0 aliphatic rings. The van der Waals surface area contributed by atoms with Crippen LogP contribution in [0.3, 0.4) is 0 Å². The zero-order valence-corrected chi connectivity index (χ0v) is 24.2. The minimum atomic E-state index is -0.282. The summed E-state index contributed by atoms with van der Waals surface area (Å²) in [6.45, 7) is 12.7. The third kappa shape index (κ3) is 10.7. The van der Waals surface area contributed by atoms with Crippen LogP contribution in [0.2, 0.25) is 0 Å². The maximum absolute atomic E-state index is 12.8. The number of nitrogens with one attached hydrogen (secondary N) is 3. The third-order valence-electron chi connectivity index (χ3n) is 5.92. The van der Waals surface area contributed by atoms with Gasteiger partial charge in [0, 0.05) is 49.0 Å². The number of aromatic nitrogens is 2. The maximum atomic E-state index is 12.8. The van der Waals surface area contributed by atoms with Crippen molar-refractivity contribution < 1.29 is 9.59 Å². The first kappa shape index (κ1) is 32.4. The van der Waals surface area contributed by atoms with Gasteiger partial charge in [-0.05, 0) is 69.5 Å². The monoisotopic (exact) mass is 553 g/mol. The molecule has 1 amide bonds. The molecule has 3 aromatic rings. The number of allylic oxidation sites excluding steroid dienone is 5. The van der Waals surface area contributed by atoms with E-state index in [4.69, 9.17) is 10.2 Å². The zero-order chi connectivity index (χ0) is 30.2. The van der Waals surface area contributed by atoms with Gasteiger partial charge in [-0.3, -0.25) is 14.6 Å². The first-order valence-corrected chi connectivity index (χ1v) is 13.4. The standard InChI is InChI=1S/C31H35N5O2.C2H4O/c1-5-24(12-10-23(4)21-36-14-8-7-9-30(36)37)16-25-17-26(19-33-18-25)31(38)35-20-28(32)27-15-22(3)11-13-29(27)34-6-2;1-2-3/h5,7-15,17-19,32,34H,1,6,16,20-21H2,2-4H3,(H,35,38);2H,1H3/b23-10+,24-12+,32-28?;. The summed E-state index contributed by atoms with van der Waals surface area (Å²) in [5.41, 5.74) is 6.30. The van der Waals surface area contributed by atoms with Crippen LogP contribution in [0.1, 0.15) is 47.8 Å². The second-order valence-corrected chi connectivity index (χ2v) is 9.36. The summed E-state index contributed by atoms with van der Waals surface area (Å²) in [6, 6.07) is 12.8. The summed E-state index contributed by atoms with van der Waals surface area (Å²) in [6.07, 6.45) is 12.0. The molecule has 0 aliphatic heterocycles. The number of pyridine rings is 2. The number of aryl methyl sites for hydroxylation is 1. The van der Waals surface area contributed by atoms with E-state index < -0.39 is 0 Å². The molecule has 41 heavy (non-hydrogen) atoms. The predicted octanol–water partition coefficient (Wildman–Crippen LogP) is 5.29. The Morgan fingerprint density at radius 1 is 1.15 bits per heavy atom. The normalized spacial score (nSPS) is 11.1. The van der Waals surface area contributed by atoms with Gasteiger partial charge in [-0.1, -0.05) is 48.1 Å². The van der Waals surface area contributed by atoms with Crippen molar-refractivity contribution in [1.29, 1.82) is 5.41 Å². The van der Waals surface area contributed by atoms with Crippen molar-refractivity contribution in [3.63, 3.8) is 0 Å². The number of nitrogens with zero attached hydrogens (tertiary/aromatic N) is 2. The second kappa shape index (κ2) is 17.0. The molecule has 0 saturated carbocycles. The highest BCUT2D eigenvalue weighted by molar-refractivity contribution is 6.06. The summed E-state index contributed by atoms with van der Waals surface area (Å²) >= 11 is 0. The molecular weight excluding hydrogens is 514 g/mol. The average Bonchev–Trinajstić information content (AvgIpc) is 2.96. The molecule has 214 valence electrons. The molecule has 8 nitrogen and oxygen atoms in total. The Balaban J connectivity index is 0.00000187. The molecule has 8 heteroatoms. The van der Waals surface area contributed by atoms with Gasteiger partial charge < -0.3 is 25.4 Å². The van der Waals surface area contributed by atoms with Crippen molar-refractivity contribution in [3.05, 3.63) is 130 Å². The number of anilines is 1. The van der Waals surface area contributed by atoms with Crippen LogP contribution in [0.5, 0.6) is 0 Å². The van der Waals surface area contributed by atoms with Crippen molar-refractivity contribution >= 4 is 23.6 Å². The number of amides is 1. The van der Waals surface area contributed by atoms with Gasteiger partial charge in [0.05, 0.1) is 17.8 Å². The molecule has 0 radical (unpaired) electrons. The first-order chi connectivity index (χ1) is 19.7. The van der Waals surface area contributed by atoms with E-state index in [0.717, 1.165) is 46.4 Å². The van der Waals surface area contributed by atoms with E-state index >= 15 is 0 Å². The van der Waals surface area contributed by atoms with Crippen molar-refractivity contribution in [1.82, 2.24) is 14.9 Å². The van der Waals surface area contributed by atoms with Gasteiger partial charge in [0.25, 0.3) is 11.5 Å². The average molecular weight is 554 g/mol. The van der Waals surface area contributed by atoms with Crippen LogP contribution in [0, 0.1) is 12.3 Å². The summed E-state index contributed by atoms with van der Waals surface area (Å²) in [5, 5.41) is 14.6. The molecule has 0 atom stereocenters. The Morgan fingerprint density at radius 3 is 2.59 bits per heavy atom. The Bertz CT molecular complexity index is 1480. The summed E-state index contributed by atoms with van der Waals surface area (Å²) in [5.74, 6) is -0.282. The number of hydrogen-bond acceptors (Lipinski definition) is 6. The van der Waals surface area contributed by atoms with E-state index in [-0.39, 0.29) is 18.0 Å². The minimum Gasteiger partial charge on any atom is -0.385 e. The molecule has 0 spiro atoms. The number of carbonyl (C=O) groups excluding carboxylic acids is 2. The quantitative estimate of drug-likeness (QED) is 0.160. The van der Waals surface area contributed by atoms with Crippen LogP contribution in [-0.4, -0.2) is 40.5 Å². The molecule has 3 N–H and O–H groups in total. The lowest BCUT2D eigenvalue weighted by Gasteiger charge is -2.14. The highest BCUT2D eigenvalue weighted by atomic mass is 16.1. The highest BCUT2D eigenvalue weighted by Gasteiger charge is 2.12. The van der Waals surface area contributed by atoms with Crippen molar-refractivity contribution in [2.24, 2.45) is 0 Å². The fourth-order valence-corrected chi connectivity index (χ4v) is 3.92. The van der Waals surface area contributed by atoms with E-state index in [2.05, 4.69) is 22.2 Å². The molecule has 0 fully saturated rings. The van der Waals surface area contributed by atoms with E-state index in [1.807, 2.05) is 57.2 Å². The molecular formula is C33H39N5O3. The third-order valence-corrected chi connectivity index (χ3v) is 5.92. The second-order valence-electron chi connectivity index (χ2n) is 9.36. The van der Waals surface area contributed by atoms with E-state index in [9.17, 15) is 9.59 Å². The number of carbonyl (C=O) groups is 2. The fraction of sp³-hybridized carbons (Fsp3) is 0.242. The van der Waals surface area contributed by atoms with Crippen LogP contribution in [-0.2, 0) is 17.8 Å². The predicted molar refractivity (Wildman–Crippen MR) is 167 cm³/mol. The molecule has 2 aromatic heterocycles. The first-order valence-electron chi connectivity index (χ1n) is 13.4. The molecule has 3 rings (SSSR count). The molecule has 0 saturated heterocycles. The van der Waals surface area contributed by atoms with E-state index in [1.54, 1.807) is 41.2 Å². The van der Waals surface area contributed by atoms with Gasteiger partial charge in [0.15, 0.2) is 0 Å². The lowest BCUT2D eigenvalue weighted by Crippen LogP contribution is -2.30. The molecule has 0 unspecified atom stereocenters. The number of rotatable bonds is 12. The van der Waals surface area contributed by atoms with Gasteiger partial charge in [-0.2, -0.15) is 0 Å². The topological polar surface area (TPSA) is 117 Å². The lowest BCUT2D eigenvalue weighted by molar-refractivity contribution is -0.106. The van der Waals surface area contributed by atoms with Gasteiger partial charge in [-0.15, -0.1) is 0 Å². The Kier molecular flexibility index (Phi) is 13.4. The number of hydrogen-bond donors (Lipinski definition) is 3. The molecule has 1 aromatic carbocycles. The summed E-state index contributed by atoms with van der Waals surface area (Å²) in [7, 11) is 0. The van der Waals surface area contributed by atoms with Crippen LogP contribution < -0.4 is 16.2 Å². The fourth-order valence-electron chi connectivity index (χ4n) is 3.92. The maximum Gasteiger partial charge on any atom is 0.253 e. The van der Waals surface area contributed by atoms with Crippen LogP contribution in [0.25, 0.3) is 0 Å². The Hall–Kier alpha value is -4.85. The van der Waals surface area contributed by atoms with Crippen LogP contribution in [0.15, 0.2) is 102 Å². The smallest absolute Gasteiger partial charge is 0.253 e. The molecule has 0 bridgehead atoms. The summed E-state index contributed by atoms with van der Waals surface area (Å²) in [4.78, 5) is 37.8. The van der Waals surface area contributed by atoms with Crippen molar-refractivity contribution in [3.8, 4) is 0 Å². The minimum absolute atomic E-state index is 0.0403. The van der Waals surface area contributed by atoms with Gasteiger partial charge in [0.2, 0.25) is 0 Å². The summed E-state index contributed by atoms with van der Waals surface area (Å²) < 4.78 is 1.65. The Labute approximate surface area is 242 Å². The number of benzene rings is 1. The SMILES string of the molecule is C=C/C(=C\C=C(/C)Cn1ccccc1=O)Cc1cncc(C(=O)NCC(=N)c2cc(C)ccc2NCC)c1.CC=O. The largest absolute Gasteiger partial charge is 0.385 e. The molecule has 0 aliphatic carbocycles. The molecule has 2 heterocycles.